The van der Waals surface area contributed by atoms with Crippen molar-refractivity contribution in [1.29, 1.82) is 0 Å². The standard InChI is InChI=1S/C10H15NS/c11-9-5-3-8(4-6-9)10-2-1-7-12-10/h1-2,7-9H,3-6,11H2. The van der Waals surface area contributed by atoms with Gasteiger partial charge in [0.1, 0.15) is 0 Å². The van der Waals surface area contributed by atoms with Gasteiger partial charge in [-0.05, 0) is 43.0 Å². The summed E-state index contributed by atoms with van der Waals surface area (Å²) in [6, 6.07) is 4.88. The first kappa shape index (κ1) is 8.27. The van der Waals surface area contributed by atoms with Crippen LogP contribution in [0.1, 0.15) is 36.5 Å². The van der Waals surface area contributed by atoms with Gasteiger partial charge in [0.15, 0.2) is 0 Å². The van der Waals surface area contributed by atoms with E-state index in [0.29, 0.717) is 6.04 Å². The van der Waals surface area contributed by atoms with E-state index in [-0.39, 0.29) is 0 Å². The maximum Gasteiger partial charge on any atom is 0.00761 e. The predicted molar refractivity (Wildman–Crippen MR) is 53.5 cm³/mol. The Balaban J connectivity index is 1.99. The fourth-order valence-electron chi connectivity index (χ4n) is 1.93. The molecule has 1 nitrogen and oxygen atoms in total. The summed E-state index contributed by atoms with van der Waals surface area (Å²) in [7, 11) is 0. The molecule has 1 aromatic rings. The SMILES string of the molecule is NC1CCC(c2cccs2)CC1. The van der Waals surface area contributed by atoms with Gasteiger partial charge in [-0.25, -0.2) is 0 Å². The molecule has 1 fully saturated rings. The third-order valence-electron chi connectivity index (χ3n) is 2.72. The Hall–Kier alpha value is -0.340. The smallest absolute Gasteiger partial charge is 0.00761 e. The molecule has 2 heteroatoms. The van der Waals surface area contributed by atoms with Crippen LogP contribution in [0.2, 0.25) is 0 Å². The van der Waals surface area contributed by atoms with Gasteiger partial charge in [-0.15, -0.1) is 11.3 Å². The Morgan fingerprint density at radius 3 is 2.58 bits per heavy atom. The fourth-order valence-corrected chi connectivity index (χ4v) is 2.83. The lowest BCUT2D eigenvalue weighted by Crippen LogP contribution is -2.25. The summed E-state index contributed by atoms with van der Waals surface area (Å²) in [4.78, 5) is 1.56. The molecule has 2 rings (SSSR count). The van der Waals surface area contributed by atoms with Crippen molar-refractivity contribution >= 4 is 11.3 Å². The molecule has 0 unspecified atom stereocenters. The van der Waals surface area contributed by atoms with Crippen LogP contribution >= 0.6 is 11.3 Å². The quantitative estimate of drug-likeness (QED) is 0.708. The monoisotopic (exact) mass is 181 g/mol. The minimum Gasteiger partial charge on any atom is -0.328 e. The largest absolute Gasteiger partial charge is 0.328 e. The maximum absolute atomic E-state index is 5.85. The summed E-state index contributed by atoms with van der Waals surface area (Å²) in [6.07, 6.45) is 5.01. The molecule has 0 spiro atoms. The summed E-state index contributed by atoms with van der Waals surface area (Å²) in [5, 5.41) is 2.17. The van der Waals surface area contributed by atoms with Crippen molar-refractivity contribution in [2.24, 2.45) is 5.73 Å². The van der Waals surface area contributed by atoms with Gasteiger partial charge in [0.05, 0.1) is 0 Å². The second kappa shape index (κ2) is 3.58. The lowest BCUT2D eigenvalue weighted by molar-refractivity contribution is 0.399. The average Bonchev–Trinajstić information content (AvgIpc) is 2.58. The molecule has 1 aliphatic rings. The van der Waals surface area contributed by atoms with E-state index in [9.17, 15) is 0 Å². The molecule has 0 amide bonds. The highest BCUT2D eigenvalue weighted by atomic mass is 32.1. The second-order valence-corrected chi connectivity index (χ2v) is 4.61. The van der Waals surface area contributed by atoms with Crippen LogP contribution in [0, 0.1) is 0 Å². The highest BCUT2D eigenvalue weighted by Crippen LogP contribution is 2.34. The van der Waals surface area contributed by atoms with Crippen molar-refractivity contribution in [3.8, 4) is 0 Å². The van der Waals surface area contributed by atoms with E-state index in [1.54, 1.807) is 4.88 Å². The highest BCUT2D eigenvalue weighted by molar-refractivity contribution is 7.10. The first-order chi connectivity index (χ1) is 5.86. The molecule has 0 radical (unpaired) electrons. The summed E-state index contributed by atoms with van der Waals surface area (Å²) < 4.78 is 0. The number of rotatable bonds is 1. The zero-order valence-electron chi connectivity index (χ0n) is 7.20. The van der Waals surface area contributed by atoms with Crippen LogP contribution in [-0.2, 0) is 0 Å². The van der Waals surface area contributed by atoms with Crippen LogP contribution in [0.5, 0.6) is 0 Å². The molecule has 0 bridgehead atoms. The number of nitrogens with two attached hydrogens (primary N) is 1. The molecule has 0 aromatic carbocycles. The summed E-state index contributed by atoms with van der Waals surface area (Å²) in [5.41, 5.74) is 5.85. The van der Waals surface area contributed by atoms with Crippen molar-refractivity contribution in [1.82, 2.24) is 0 Å². The van der Waals surface area contributed by atoms with E-state index in [4.69, 9.17) is 5.73 Å². The molecule has 2 N–H and O–H groups in total. The molecule has 1 aromatic heterocycles. The maximum atomic E-state index is 5.85. The third-order valence-corrected chi connectivity index (χ3v) is 3.75. The van der Waals surface area contributed by atoms with Crippen LogP contribution in [0.4, 0.5) is 0 Å². The van der Waals surface area contributed by atoms with Crippen LogP contribution in [0.15, 0.2) is 17.5 Å². The Morgan fingerprint density at radius 1 is 1.25 bits per heavy atom. The zero-order chi connectivity index (χ0) is 8.39. The number of hydrogen-bond acceptors (Lipinski definition) is 2. The van der Waals surface area contributed by atoms with Gasteiger partial charge >= 0.3 is 0 Å². The summed E-state index contributed by atoms with van der Waals surface area (Å²) in [6.45, 7) is 0. The van der Waals surface area contributed by atoms with Gasteiger partial charge in [0.2, 0.25) is 0 Å². The third kappa shape index (κ3) is 1.70. The van der Waals surface area contributed by atoms with Crippen LogP contribution in [0.3, 0.4) is 0 Å². The molecule has 0 saturated heterocycles. The van der Waals surface area contributed by atoms with Crippen molar-refractivity contribution in [2.45, 2.75) is 37.6 Å². The van der Waals surface area contributed by atoms with Crippen LogP contribution in [0.25, 0.3) is 0 Å². The lowest BCUT2D eigenvalue weighted by Gasteiger charge is -2.24. The van der Waals surface area contributed by atoms with E-state index in [2.05, 4.69) is 17.5 Å². The topological polar surface area (TPSA) is 26.0 Å². The normalized spacial score (nSPS) is 30.4. The molecule has 1 saturated carbocycles. The minimum absolute atomic E-state index is 0.473. The van der Waals surface area contributed by atoms with E-state index < -0.39 is 0 Å². The summed E-state index contributed by atoms with van der Waals surface area (Å²) >= 11 is 1.89. The highest BCUT2D eigenvalue weighted by Gasteiger charge is 2.20. The Morgan fingerprint density at radius 2 is 2.00 bits per heavy atom. The Labute approximate surface area is 77.6 Å². The molecule has 1 aliphatic carbocycles. The van der Waals surface area contributed by atoms with Gasteiger partial charge in [0.25, 0.3) is 0 Å². The molecule has 12 heavy (non-hydrogen) atoms. The van der Waals surface area contributed by atoms with Crippen LogP contribution < -0.4 is 5.73 Å². The zero-order valence-corrected chi connectivity index (χ0v) is 8.02. The fraction of sp³-hybridized carbons (Fsp3) is 0.600. The molecule has 0 aliphatic heterocycles. The molecule has 66 valence electrons. The Bertz CT molecular complexity index is 222. The van der Waals surface area contributed by atoms with Gasteiger partial charge in [0, 0.05) is 10.9 Å². The van der Waals surface area contributed by atoms with Crippen molar-refractivity contribution in [3.05, 3.63) is 22.4 Å². The second-order valence-electron chi connectivity index (χ2n) is 3.63. The number of thiophene rings is 1. The van der Waals surface area contributed by atoms with Gasteiger partial charge in [-0.3, -0.25) is 0 Å². The van der Waals surface area contributed by atoms with Crippen molar-refractivity contribution in [2.75, 3.05) is 0 Å². The van der Waals surface area contributed by atoms with E-state index in [0.717, 1.165) is 5.92 Å². The lowest BCUT2D eigenvalue weighted by atomic mass is 9.86. The van der Waals surface area contributed by atoms with E-state index in [1.807, 2.05) is 11.3 Å². The molecular formula is C10H15NS. The molecular weight excluding hydrogens is 166 g/mol. The first-order valence-electron chi connectivity index (χ1n) is 4.65. The average molecular weight is 181 g/mol. The van der Waals surface area contributed by atoms with Gasteiger partial charge in [-0.1, -0.05) is 6.07 Å². The molecule has 0 atom stereocenters. The number of hydrogen-bond donors (Lipinski definition) is 1. The van der Waals surface area contributed by atoms with Crippen molar-refractivity contribution in [3.63, 3.8) is 0 Å². The van der Waals surface area contributed by atoms with Crippen LogP contribution in [-0.4, -0.2) is 6.04 Å². The van der Waals surface area contributed by atoms with Gasteiger partial charge in [-0.2, -0.15) is 0 Å². The van der Waals surface area contributed by atoms with Crippen molar-refractivity contribution < 1.29 is 0 Å². The molecule has 1 heterocycles. The minimum atomic E-state index is 0.473. The first-order valence-corrected chi connectivity index (χ1v) is 5.53. The van der Waals surface area contributed by atoms with Gasteiger partial charge < -0.3 is 5.73 Å². The Kier molecular flexibility index (Phi) is 2.47. The predicted octanol–water partition coefficient (Wildman–Crippen LogP) is 2.73. The van der Waals surface area contributed by atoms with E-state index >= 15 is 0 Å². The summed E-state index contributed by atoms with van der Waals surface area (Å²) in [5.74, 6) is 0.810. The van der Waals surface area contributed by atoms with E-state index in [1.165, 1.54) is 25.7 Å².